The van der Waals surface area contributed by atoms with Crippen molar-refractivity contribution in [3.63, 3.8) is 0 Å². The van der Waals surface area contributed by atoms with Crippen LogP contribution >= 0.6 is 11.3 Å². The molecular weight excluding hydrogens is 370 g/mol. The molecule has 1 aromatic carbocycles. The molecule has 1 aromatic heterocycles. The second kappa shape index (κ2) is 9.85. The Morgan fingerprint density at radius 3 is 2.39 bits per heavy atom. The summed E-state index contributed by atoms with van der Waals surface area (Å²) in [6.45, 7) is 9.46. The number of Topliss-reactive ketones (excluding diaryl/α,β-unsaturated/α-hetero) is 1. The van der Waals surface area contributed by atoms with Crippen molar-refractivity contribution in [3.05, 3.63) is 51.7 Å². The summed E-state index contributed by atoms with van der Waals surface area (Å²) in [7, 11) is 0. The molecular formula is C22H29N3O2S. The summed E-state index contributed by atoms with van der Waals surface area (Å²) in [6.07, 6.45) is 0.535. The molecule has 28 heavy (non-hydrogen) atoms. The van der Waals surface area contributed by atoms with E-state index in [0.717, 1.165) is 48.0 Å². The molecule has 1 aliphatic heterocycles. The number of anilines is 1. The van der Waals surface area contributed by atoms with Crippen molar-refractivity contribution in [2.45, 2.75) is 26.7 Å². The first-order valence-corrected chi connectivity index (χ1v) is 10.7. The minimum Gasteiger partial charge on any atom is -0.369 e. The number of ketones is 1. The molecule has 0 bridgehead atoms. The van der Waals surface area contributed by atoms with Crippen LogP contribution in [0.25, 0.3) is 0 Å². The number of hydrogen-bond acceptors (Lipinski definition) is 5. The van der Waals surface area contributed by atoms with E-state index in [9.17, 15) is 9.59 Å². The lowest BCUT2D eigenvalue weighted by atomic mass is 10.1. The van der Waals surface area contributed by atoms with E-state index in [-0.39, 0.29) is 24.5 Å². The van der Waals surface area contributed by atoms with Crippen molar-refractivity contribution < 1.29 is 9.59 Å². The van der Waals surface area contributed by atoms with Gasteiger partial charge in [0, 0.05) is 73.1 Å². The number of benzene rings is 1. The highest BCUT2D eigenvalue weighted by Gasteiger charge is 2.17. The highest BCUT2D eigenvalue weighted by Crippen LogP contribution is 2.22. The SMILES string of the molecule is Cc1cc(C(=O)CCC(=O)NCCN2CCN(c3ccccc3)CC2)c(C)s1. The fourth-order valence-electron chi connectivity index (χ4n) is 3.58. The first-order chi connectivity index (χ1) is 13.5. The summed E-state index contributed by atoms with van der Waals surface area (Å²) in [5.41, 5.74) is 2.04. The molecule has 5 nitrogen and oxygen atoms in total. The zero-order chi connectivity index (χ0) is 19.9. The Balaban J connectivity index is 1.31. The number of nitrogens with one attached hydrogen (secondary N) is 1. The van der Waals surface area contributed by atoms with Crippen molar-refractivity contribution in [2.24, 2.45) is 0 Å². The number of amides is 1. The van der Waals surface area contributed by atoms with Crippen LogP contribution in [0.5, 0.6) is 0 Å². The van der Waals surface area contributed by atoms with Gasteiger partial charge in [-0.1, -0.05) is 18.2 Å². The molecule has 2 aromatic rings. The van der Waals surface area contributed by atoms with Crippen molar-refractivity contribution in [1.82, 2.24) is 10.2 Å². The Labute approximate surface area is 171 Å². The van der Waals surface area contributed by atoms with Crippen LogP contribution in [0.1, 0.15) is 33.0 Å². The molecule has 1 N–H and O–H groups in total. The molecule has 0 radical (unpaired) electrons. The van der Waals surface area contributed by atoms with E-state index in [1.807, 2.05) is 26.0 Å². The van der Waals surface area contributed by atoms with Gasteiger partial charge >= 0.3 is 0 Å². The van der Waals surface area contributed by atoms with Gasteiger partial charge < -0.3 is 10.2 Å². The van der Waals surface area contributed by atoms with Gasteiger partial charge in [-0.05, 0) is 32.0 Å². The average molecular weight is 400 g/mol. The maximum Gasteiger partial charge on any atom is 0.220 e. The third-order valence-corrected chi connectivity index (χ3v) is 6.13. The van der Waals surface area contributed by atoms with E-state index in [1.165, 1.54) is 5.69 Å². The maximum absolute atomic E-state index is 12.3. The van der Waals surface area contributed by atoms with E-state index < -0.39 is 0 Å². The monoisotopic (exact) mass is 399 g/mol. The van der Waals surface area contributed by atoms with Gasteiger partial charge in [0.1, 0.15) is 0 Å². The number of piperazine rings is 1. The van der Waals surface area contributed by atoms with E-state index in [1.54, 1.807) is 11.3 Å². The molecule has 3 rings (SSSR count). The Bertz CT molecular complexity index is 795. The van der Waals surface area contributed by atoms with Gasteiger partial charge in [-0.3, -0.25) is 14.5 Å². The maximum atomic E-state index is 12.3. The van der Waals surface area contributed by atoms with Gasteiger partial charge in [-0.15, -0.1) is 11.3 Å². The summed E-state index contributed by atoms with van der Waals surface area (Å²) in [4.78, 5) is 31.3. The number of carbonyl (C=O) groups is 2. The van der Waals surface area contributed by atoms with Crippen LogP contribution in [-0.4, -0.2) is 55.9 Å². The minimum atomic E-state index is -0.0409. The summed E-state index contributed by atoms with van der Waals surface area (Å²) in [6, 6.07) is 12.4. The predicted octanol–water partition coefficient (Wildman–Crippen LogP) is 3.27. The van der Waals surface area contributed by atoms with Crippen molar-refractivity contribution in [1.29, 1.82) is 0 Å². The van der Waals surface area contributed by atoms with Gasteiger partial charge in [0.2, 0.25) is 5.91 Å². The molecule has 1 saturated heterocycles. The van der Waals surface area contributed by atoms with E-state index in [0.29, 0.717) is 6.54 Å². The fourth-order valence-corrected chi connectivity index (χ4v) is 4.52. The molecule has 0 unspecified atom stereocenters. The van der Waals surface area contributed by atoms with Gasteiger partial charge in [0.25, 0.3) is 0 Å². The number of aryl methyl sites for hydroxylation is 2. The molecule has 2 heterocycles. The minimum absolute atomic E-state index is 0.0409. The smallest absolute Gasteiger partial charge is 0.220 e. The van der Waals surface area contributed by atoms with Crippen LogP contribution in [-0.2, 0) is 4.79 Å². The van der Waals surface area contributed by atoms with Crippen LogP contribution in [0.2, 0.25) is 0 Å². The lowest BCUT2D eigenvalue weighted by Gasteiger charge is -2.36. The van der Waals surface area contributed by atoms with Crippen molar-refractivity contribution >= 4 is 28.7 Å². The molecule has 0 atom stereocenters. The van der Waals surface area contributed by atoms with E-state index >= 15 is 0 Å². The van der Waals surface area contributed by atoms with Crippen LogP contribution < -0.4 is 10.2 Å². The number of nitrogens with zero attached hydrogens (tertiary/aromatic N) is 2. The highest BCUT2D eigenvalue weighted by atomic mass is 32.1. The fraction of sp³-hybridized carbons (Fsp3) is 0.455. The van der Waals surface area contributed by atoms with Crippen molar-refractivity contribution in [3.8, 4) is 0 Å². The predicted molar refractivity (Wildman–Crippen MR) is 115 cm³/mol. The van der Waals surface area contributed by atoms with Crippen LogP contribution in [0, 0.1) is 13.8 Å². The molecule has 0 spiro atoms. The topological polar surface area (TPSA) is 52.7 Å². The second-order valence-electron chi connectivity index (χ2n) is 7.26. The molecule has 0 saturated carbocycles. The number of hydrogen-bond donors (Lipinski definition) is 1. The average Bonchev–Trinajstić information content (AvgIpc) is 3.05. The van der Waals surface area contributed by atoms with E-state index in [4.69, 9.17) is 0 Å². The highest BCUT2D eigenvalue weighted by molar-refractivity contribution is 7.12. The van der Waals surface area contributed by atoms with Crippen LogP contribution in [0.15, 0.2) is 36.4 Å². The molecule has 1 amide bonds. The summed E-state index contributed by atoms with van der Waals surface area (Å²) in [5.74, 6) is 0.0231. The van der Waals surface area contributed by atoms with Gasteiger partial charge in [0.15, 0.2) is 5.78 Å². The molecule has 150 valence electrons. The quantitative estimate of drug-likeness (QED) is 0.692. The van der Waals surface area contributed by atoms with E-state index in [2.05, 4.69) is 39.4 Å². The first kappa shape index (κ1) is 20.6. The first-order valence-electron chi connectivity index (χ1n) is 9.92. The largest absolute Gasteiger partial charge is 0.369 e. The number of para-hydroxylation sites is 1. The standard InChI is InChI=1S/C22H29N3O2S/c1-17-16-20(18(2)28-17)21(26)8-9-22(27)23-10-11-24-12-14-25(15-13-24)19-6-4-3-5-7-19/h3-7,16H,8-15H2,1-2H3,(H,23,27). The lowest BCUT2D eigenvalue weighted by Crippen LogP contribution is -2.48. The number of carbonyl (C=O) groups excluding carboxylic acids is 2. The molecule has 1 fully saturated rings. The number of rotatable bonds is 8. The Hall–Kier alpha value is -2.18. The molecule has 0 aliphatic carbocycles. The Kier molecular flexibility index (Phi) is 7.23. The zero-order valence-corrected chi connectivity index (χ0v) is 17.6. The number of thiophene rings is 1. The summed E-state index contributed by atoms with van der Waals surface area (Å²) < 4.78 is 0. The lowest BCUT2D eigenvalue weighted by molar-refractivity contribution is -0.121. The molecule has 1 aliphatic rings. The summed E-state index contributed by atoms with van der Waals surface area (Å²) in [5, 5.41) is 2.96. The second-order valence-corrected chi connectivity index (χ2v) is 8.72. The Morgan fingerprint density at radius 1 is 1.04 bits per heavy atom. The molecule has 6 heteroatoms. The normalized spacial score (nSPS) is 14.9. The van der Waals surface area contributed by atoms with Gasteiger partial charge in [-0.2, -0.15) is 0 Å². The third kappa shape index (κ3) is 5.66. The van der Waals surface area contributed by atoms with Gasteiger partial charge in [-0.25, -0.2) is 0 Å². The van der Waals surface area contributed by atoms with Crippen LogP contribution in [0.4, 0.5) is 5.69 Å². The third-order valence-electron chi connectivity index (χ3n) is 5.16. The van der Waals surface area contributed by atoms with Crippen molar-refractivity contribution in [2.75, 3.05) is 44.2 Å². The van der Waals surface area contributed by atoms with Crippen LogP contribution in [0.3, 0.4) is 0 Å². The summed E-state index contributed by atoms with van der Waals surface area (Å²) >= 11 is 1.63. The zero-order valence-electron chi connectivity index (χ0n) is 16.7. The Morgan fingerprint density at radius 2 is 1.75 bits per heavy atom. The van der Waals surface area contributed by atoms with Gasteiger partial charge in [0.05, 0.1) is 0 Å².